The van der Waals surface area contributed by atoms with Crippen molar-refractivity contribution in [3.05, 3.63) is 0 Å². The van der Waals surface area contributed by atoms with E-state index in [0.29, 0.717) is 0 Å². The van der Waals surface area contributed by atoms with Crippen LogP contribution in [-0.4, -0.2) is 41.6 Å². The smallest absolute Gasteiger partial charge is 0.225 e. The number of carbonyl (C=O) groups is 4. The van der Waals surface area contributed by atoms with Gasteiger partial charge in [-0.3, -0.25) is 14.4 Å². The van der Waals surface area contributed by atoms with Crippen LogP contribution in [0.4, 0.5) is 0 Å². The lowest BCUT2D eigenvalue weighted by Gasteiger charge is -2.27. The van der Waals surface area contributed by atoms with Gasteiger partial charge in [-0.2, -0.15) is 0 Å². The topological polar surface area (TPSA) is 120 Å². The van der Waals surface area contributed by atoms with Crippen molar-refractivity contribution in [1.29, 1.82) is 0 Å². The van der Waals surface area contributed by atoms with Crippen LogP contribution in [0.5, 0.6) is 0 Å². The highest BCUT2D eigenvalue weighted by Gasteiger charge is 2.32. The number of hydrogen-bond donors (Lipinski definition) is 2. The molecule has 7 heteroatoms. The quantitative estimate of drug-likeness (QED) is 0.557. The molecule has 1 unspecified atom stereocenters. The minimum Gasteiger partial charge on any atom is -0.548 e. The molecule has 0 radical (unpaired) electrons. The second-order valence-corrected chi connectivity index (χ2v) is 11.8. The highest BCUT2D eigenvalue weighted by molar-refractivity contribution is 6.39. The molecule has 2 aliphatic carbocycles. The molecule has 190 valence electrons. The van der Waals surface area contributed by atoms with Crippen molar-refractivity contribution in [3.63, 3.8) is 0 Å². The Balaban J connectivity index is 0.000000357. The van der Waals surface area contributed by atoms with Crippen molar-refractivity contribution < 1.29 is 29.6 Å². The van der Waals surface area contributed by atoms with Gasteiger partial charge < -0.3 is 20.5 Å². The summed E-state index contributed by atoms with van der Waals surface area (Å²) >= 11 is 0. The number of carboxylic acids is 1. The Kier molecular flexibility index (Phi) is 11.7. The summed E-state index contributed by atoms with van der Waals surface area (Å²) in [6, 6.07) is 0.495. The monoisotopic (exact) mass is 466 g/mol. The molecule has 7 nitrogen and oxygen atoms in total. The molecule has 33 heavy (non-hydrogen) atoms. The Morgan fingerprint density at radius 2 is 1.21 bits per heavy atom. The number of rotatable bonds is 7. The second kappa shape index (κ2) is 13.2. The summed E-state index contributed by atoms with van der Waals surface area (Å²) in [4.78, 5) is 46.2. The number of nitrogens with one attached hydrogen (secondary N) is 1. The lowest BCUT2D eigenvalue weighted by atomic mass is 9.86. The number of hydrogen-bond acceptors (Lipinski definition) is 5. The molecule has 2 aliphatic rings. The molecule has 1 atom stereocenters. The zero-order chi connectivity index (χ0) is 25.2. The van der Waals surface area contributed by atoms with Gasteiger partial charge >= 0.3 is 0 Å². The lowest BCUT2D eigenvalue weighted by Crippen LogP contribution is -2.95. The third kappa shape index (κ3) is 11.3. The van der Waals surface area contributed by atoms with E-state index in [0.717, 1.165) is 12.1 Å². The predicted octanol–water partition coefficient (Wildman–Crippen LogP) is 2.06. The summed E-state index contributed by atoms with van der Waals surface area (Å²) in [5.41, 5.74) is -1.69. The van der Waals surface area contributed by atoms with Crippen LogP contribution in [0.2, 0.25) is 0 Å². The van der Waals surface area contributed by atoms with E-state index in [4.69, 9.17) is 0 Å². The van der Waals surface area contributed by atoms with Crippen molar-refractivity contribution >= 4 is 23.4 Å². The van der Waals surface area contributed by atoms with E-state index in [1.807, 2.05) is 0 Å². The maximum atomic E-state index is 11.7. The summed E-state index contributed by atoms with van der Waals surface area (Å²) in [5, 5.41) is 15.9. The van der Waals surface area contributed by atoms with E-state index in [2.05, 4.69) is 10.6 Å². The average molecular weight is 467 g/mol. The fourth-order valence-electron chi connectivity index (χ4n) is 4.30. The Labute approximate surface area is 199 Å². The SMILES string of the molecule is C1CCC([NH2+]C2CCCCC2)CC1.CC(C)(C)C(=O)NC(CC(=O)C(=O)C(C)(C)C)C(=O)[O-]. The number of carboxylic acid groups (broad SMARTS) is 1. The van der Waals surface area contributed by atoms with Crippen LogP contribution in [0.3, 0.4) is 0 Å². The van der Waals surface area contributed by atoms with Gasteiger partial charge in [0.1, 0.15) is 0 Å². The van der Waals surface area contributed by atoms with E-state index in [9.17, 15) is 24.3 Å². The molecule has 0 aromatic heterocycles. The van der Waals surface area contributed by atoms with Gasteiger partial charge in [0.15, 0.2) is 0 Å². The summed E-state index contributed by atoms with van der Waals surface area (Å²) < 4.78 is 0. The second-order valence-electron chi connectivity index (χ2n) is 11.8. The molecule has 3 N–H and O–H groups in total. The minimum absolute atomic E-state index is 0.525. The van der Waals surface area contributed by atoms with Gasteiger partial charge in [0.2, 0.25) is 17.5 Å². The number of aliphatic carboxylic acids is 1. The predicted molar refractivity (Wildman–Crippen MR) is 126 cm³/mol. The van der Waals surface area contributed by atoms with Crippen LogP contribution < -0.4 is 15.7 Å². The van der Waals surface area contributed by atoms with E-state index >= 15 is 0 Å². The van der Waals surface area contributed by atoms with Crippen molar-refractivity contribution in [2.75, 3.05) is 0 Å². The van der Waals surface area contributed by atoms with E-state index in [1.54, 1.807) is 41.5 Å². The Hall–Kier alpha value is -1.76. The summed E-state index contributed by atoms with van der Waals surface area (Å²) in [6.45, 7) is 9.52. The third-order valence-corrected chi connectivity index (χ3v) is 6.44. The molecule has 2 rings (SSSR count). The van der Waals surface area contributed by atoms with E-state index < -0.39 is 46.7 Å². The number of nitrogens with two attached hydrogens (primary N) is 1. The number of carbonyl (C=O) groups excluding carboxylic acids is 4. The molecule has 0 aromatic rings. The normalized spacial score (nSPS) is 19.1. The van der Waals surface area contributed by atoms with Gasteiger partial charge in [-0.05, 0) is 51.4 Å². The summed E-state index contributed by atoms with van der Waals surface area (Å²) in [5.74, 6) is -3.62. The first-order chi connectivity index (χ1) is 15.2. The zero-order valence-corrected chi connectivity index (χ0v) is 21.6. The van der Waals surface area contributed by atoms with Gasteiger partial charge in [-0.15, -0.1) is 0 Å². The molecule has 0 aliphatic heterocycles. The first kappa shape index (κ1) is 29.3. The molecule has 2 saturated carbocycles. The summed E-state index contributed by atoms with van der Waals surface area (Å²) in [7, 11) is 0. The highest BCUT2D eigenvalue weighted by atomic mass is 16.4. The Bertz CT molecular complexity index is 647. The molecular weight excluding hydrogens is 420 g/mol. The van der Waals surface area contributed by atoms with Gasteiger partial charge in [0.05, 0.1) is 24.1 Å². The number of quaternary nitrogens is 1. The minimum atomic E-state index is -1.59. The summed E-state index contributed by atoms with van der Waals surface area (Å²) in [6.07, 6.45) is 14.4. The van der Waals surface area contributed by atoms with Gasteiger partial charge in [-0.25, -0.2) is 0 Å². The van der Waals surface area contributed by atoms with Gasteiger partial charge in [0, 0.05) is 17.3 Å². The van der Waals surface area contributed by atoms with E-state index in [-0.39, 0.29) is 0 Å². The first-order valence-corrected chi connectivity index (χ1v) is 12.7. The highest BCUT2D eigenvalue weighted by Crippen LogP contribution is 2.19. The van der Waals surface area contributed by atoms with Crippen molar-refractivity contribution in [2.45, 2.75) is 130 Å². The van der Waals surface area contributed by atoms with Crippen molar-refractivity contribution in [2.24, 2.45) is 10.8 Å². The maximum absolute atomic E-state index is 11.7. The number of Topliss-reactive ketones (excluding diaryl/α,β-unsaturated/α-hetero) is 2. The molecular formula is C26H46N2O5. The molecule has 0 saturated heterocycles. The maximum Gasteiger partial charge on any atom is 0.225 e. The van der Waals surface area contributed by atoms with Gasteiger partial charge in [0.25, 0.3) is 0 Å². The largest absolute Gasteiger partial charge is 0.548 e. The third-order valence-electron chi connectivity index (χ3n) is 6.44. The number of ketones is 2. The molecule has 0 bridgehead atoms. The zero-order valence-electron chi connectivity index (χ0n) is 21.6. The van der Waals surface area contributed by atoms with Crippen LogP contribution in [0, 0.1) is 10.8 Å². The van der Waals surface area contributed by atoms with Crippen LogP contribution >= 0.6 is 0 Å². The van der Waals surface area contributed by atoms with Crippen molar-refractivity contribution in [3.8, 4) is 0 Å². The average Bonchev–Trinajstić information content (AvgIpc) is 2.73. The van der Waals surface area contributed by atoms with Crippen LogP contribution in [-0.2, 0) is 19.2 Å². The van der Waals surface area contributed by atoms with Crippen molar-refractivity contribution in [1.82, 2.24) is 5.32 Å². The fourth-order valence-corrected chi connectivity index (χ4v) is 4.30. The van der Waals surface area contributed by atoms with Crippen LogP contribution in [0.1, 0.15) is 112 Å². The Morgan fingerprint density at radius 1 is 0.788 bits per heavy atom. The lowest BCUT2D eigenvalue weighted by molar-refractivity contribution is -0.725. The first-order valence-electron chi connectivity index (χ1n) is 12.7. The molecule has 0 aromatic carbocycles. The molecule has 0 spiro atoms. The van der Waals surface area contributed by atoms with Crippen LogP contribution in [0.15, 0.2) is 0 Å². The molecule has 2 fully saturated rings. The molecule has 1 amide bonds. The Morgan fingerprint density at radius 3 is 1.55 bits per heavy atom. The fraction of sp³-hybridized carbons (Fsp3) is 0.846. The molecule has 0 heterocycles. The van der Waals surface area contributed by atoms with E-state index in [1.165, 1.54) is 64.2 Å². The number of amides is 1. The van der Waals surface area contributed by atoms with Gasteiger partial charge in [-0.1, -0.05) is 54.4 Å². The standard InChI is InChI=1S/C14H23NO5.C12H23N/c1-13(2,3)10(17)9(16)7-8(11(18)19)15-12(20)14(4,5)6;1-3-7-11(8-4-1)13-12-9-5-2-6-10-12/h8H,7H2,1-6H3,(H,15,20)(H,18,19);11-13H,1-10H2. The van der Waals surface area contributed by atoms with Crippen LogP contribution in [0.25, 0.3) is 0 Å².